The second-order valence-electron chi connectivity index (χ2n) is 10.6. The van der Waals surface area contributed by atoms with E-state index < -0.39 is 29.4 Å². The molecule has 0 radical (unpaired) electrons. The highest BCUT2D eigenvalue weighted by Gasteiger charge is 2.48. The third kappa shape index (κ3) is 5.07. The lowest BCUT2D eigenvalue weighted by Crippen LogP contribution is -2.55. The summed E-state index contributed by atoms with van der Waals surface area (Å²) < 4.78 is 17.6. The Morgan fingerprint density at radius 2 is 1.89 bits per heavy atom. The van der Waals surface area contributed by atoms with Crippen molar-refractivity contribution in [3.63, 3.8) is 0 Å². The van der Waals surface area contributed by atoms with Gasteiger partial charge in [0.15, 0.2) is 6.61 Å². The highest BCUT2D eigenvalue weighted by molar-refractivity contribution is 5.97. The number of hydrogen-bond donors (Lipinski definition) is 1. The Morgan fingerprint density at radius 1 is 1.20 bits per heavy atom. The minimum Gasteiger partial charge on any atom is -0.485 e. The van der Waals surface area contributed by atoms with E-state index in [1.54, 1.807) is 37.9 Å². The Hall–Kier alpha value is -3.26. The van der Waals surface area contributed by atoms with Crippen molar-refractivity contribution in [3.8, 4) is 11.5 Å². The molecule has 0 aliphatic carbocycles. The number of benzene rings is 2. The number of fused-ring (bicyclic) bond motifs is 2. The molecular weight excluding hydrogens is 448 g/mol. The summed E-state index contributed by atoms with van der Waals surface area (Å²) in [6, 6.07) is 12.6. The van der Waals surface area contributed by atoms with Crippen molar-refractivity contribution in [2.24, 2.45) is 0 Å². The third-order valence-electron chi connectivity index (χ3n) is 6.33. The zero-order valence-corrected chi connectivity index (χ0v) is 21.2. The molecule has 2 heterocycles. The number of anilines is 1. The fraction of sp³-hybridized carbons (Fsp3) is 0.481. The SMILES string of the molecule is CN1C(=O)COc2cc3c(cc21)OC(C)(C)[C@H](O)[C@H]3N(CCc1ccccc1)C(=O)OC(C)(C)C. The molecule has 188 valence electrons. The number of aliphatic hydroxyl groups excluding tert-OH is 1. The molecule has 2 aliphatic rings. The van der Waals surface area contributed by atoms with Gasteiger partial charge < -0.3 is 24.2 Å². The molecule has 2 aromatic rings. The van der Waals surface area contributed by atoms with Crippen LogP contribution in [0.4, 0.5) is 10.5 Å². The number of nitrogens with zero attached hydrogens (tertiary/aromatic N) is 2. The standard InChI is InChI=1S/C27H34N2O6/c1-26(2,3)35-25(32)29(13-12-17-10-8-7-9-11-17)23-18-14-21-19(28(6)22(30)16-33-21)15-20(18)34-27(4,5)24(23)31/h7-11,14-15,23-24,31H,12-13,16H2,1-6H3/t23-,24+/m0/s1. The first-order valence-corrected chi connectivity index (χ1v) is 11.9. The van der Waals surface area contributed by atoms with Gasteiger partial charge >= 0.3 is 6.09 Å². The summed E-state index contributed by atoms with van der Waals surface area (Å²) in [6.45, 7) is 9.25. The molecule has 8 heteroatoms. The van der Waals surface area contributed by atoms with Crippen LogP contribution in [0.15, 0.2) is 42.5 Å². The molecule has 0 fully saturated rings. The van der Waals surface area contributed by atoms with Gasteiger partial charge in [0.05, 0.1) is 11.7 Å². The van der Waals surface area contributed by atoms with Crippen LogP contribution in [-0.4, -0.2) is 59.5 Å². The first-order chi connectivity index (χ1) is 16.4. The fourth-order valence-electron chi connectivity index (χ4n) is 4.42. The molecular formula is C27H34N2O6. The van der Waals surface area contributed by atoms with Gasteiger partial charge in [-0.1, -0.05) is 30.3 Å². The predicted molar refractivity (Wildman–Crippen MR) is 132 cm³/mol. The lowest BCUT2D eigenvalue weighted by Gasteiger charge is -2.46. The molecule has 4 rings (SSSR count). The van der Waals surface area contributed by atoms with Crippen molar-refractivity contribution < 1.29 is 28.9 Å². The van der Waals surface area contributed by atoms with Gasteiger partial charge in [0.1, 0.15) is 28.8 Å². The summed E-state index contributed by atoms with van der Waals surface area (Å²) in [5.41, 5.74) is 0.544. The van der Waals surface area contributed by atoms with Crippen molar-refractivity contribution >= 4 is 17.7 Å². The molecule has 0 aromatic heterocycles. The monoisotopic (exact) mass is 482 g/mol. The maximum Gasteiger partial charge on any atom is 0.410 e. The predicted octanol–water partition coefficient (Wildman–Crippen LogP) is 4.09. The summed E-state index contributed by atoms with van der Waals surface area (Å²) in [6.07, 6.45) is -0.982. The molecule has 0 spiro atoms. The van der Waals surface area contributed by atoms with Gasteiger partial charge in [-0.3, -0.25) is 9.69 Å². The van der Waals surface area contributed by atoms with Crippen LogP contribution in [0.1, 0.15) is 51.8 Å². The molecule has 35 heavy (non-hydrogen) atoms. The second-order valence-corrected chi connectivity index (χ2v) is 10.6. The molecule has 0 unspecified atom stereocenters. The molecule has 8 nitrogen and oxygen atoms in total. The average molecular weight is 483 g/mol. The van der Waals surface area contributed by atoms with Crippen LogP contribution in [0, 0.1) is 0 Å². The van der Waals surface area contributed by atoms with Gasteiger partial charge in [0, 0.05) is 25.2 Å². The van der Waals surface area contributed by atoms with Gasteiger partial charge in [-0.15, -0.1) is 0 Å². The van der Waals surface area contributed by atoms with Gasteiger partial charge in [-0.25, -0.2) is 4.79 Å². The van der Waals surface area contributed by atoms with Gasteiger partial charge in [-0.2, -0.15) is 0 Å². The van der Waals surface area contributed by atoms with Crippen molar-refractivity contribution in [2.45, 2.75) is 64.4 Å². The summed E-state index contributed by atoms with van der Waals surface area (Å²) >= 11 is 0. The lowest BCUT2D eigenvalue weighted by molar-refractivity contribution is -0.121. The number of carbonyl (C=O) groups is 2. The number of likely N-dealkylation sites (N-methyl/N-ethyl adjacent to an activating group) is 1. The summed E-state index contributed by atoms with van der Waals surface area (Å²) in [5, 5.41) is 11.5. The molecule has 2 aromatic carbocycles. The Balaban J connectivity index is 1.79. The number of amides is 2. The van der Waals surface area contributed by atoms with E-state index in [1.807, 2.05) is 51.1 Å². The Labute approximate surface area is 206 Å². The van der Waals surface area contributed by atoms with Crippen LogP contribution >= 0.6 is 0 Å². The molecule has 2 aliphatic heterocycles. The zero-order chi connectivity index (χ0) is 25.5. The van der Waals surface area contributed by atoms with E-state index >= 15 is 0 Å². The van der Waals surface area contributed by atoms with E-state index in [9.17, 15) is 14.7 Å². The van der Waals surface area contributed by atoms with Crippen LogP contribution in [0.2, 0.25) is 0 Å². The maximum atomic E-state index is 13.5. The topological polar surface area (TPSA) is 88.5 Å². The van der Waals surface area contributed by atoms with Crippen molar-refractivity contribution in [1.29, 1.82) is 0 Å². The molecule has 2 atom stereocenters. The van der Waals surface area contributed by atoms with Crippen LogP contribution < -0.4 is 14.4 Å². The van der Waals surface area contributed by atoms with Crippen molar-refractivity contribution in [1.82, 2.24) is 4.90 Å². The summed E-state index contributed by atoms with van der Waals surface area (Å²) in [7, 11) is 1.68. The Morgan fingerprint density at radius 3 is 2.54 bits per heavy atom. The van der Waals surface area contributed by atoms with Gasteiger partial charge in [0.2, 0.25) is 0 Å². The average Bonchev–Trinajstić information content (AvgIpc) is 2.77. The number of ether oxygens (including phenoxy) is 3. The van der Waals surface area contributed by atoms with Crippen LogP contribution in [0.3, 0.4) is 0 Å². The van der Waals surface area contributed by atoms with Crippen molar-refractivity contribution in [2.75, 3.05) is 25.1 Å². The minimum absolute atomic E-state index is 0.0777. The quantitative estimate of drug-likeness (QED) is 0.706. The van der Waals surface area contributed by atoms with E-state index in [0.717, 1.165) is 5.56 Å². The Bertz CT molecular complexity index is 1110. The van der Waals surface area contributed by atoms with E-state index in [-0.39, 0.29) is 12.5 Å². The largest absolute Gasteiger partial charge is 0.485 e. The number of hydrogen-bond acceptors (Lipinski definition) is 6. The first-order valence-electron chi connectivity index (χ1n) is 11.9. The molecule has 0 saturated carbocycles. The van der Waals surface area contributed by atoms with Crippen LogP contribution in [0.25, 0.3) is 0 Å². The number of carbonyl (C=O) groups excluding carboxylic acids is 2. The van der Waals surface area contributed by atoms with E-state index in [2.05, 4.69) is 0 Å². The smallest absolute Gasteiger partial charge is 0.410 e. The molecule has 0 saturated heterocycles. The van der Waals surface area contributed by atoms with Crippen molar-refractivity contribution in [3.05, 3.63) is 53.6 Å². The summed E-state index contributed by atoms with van der Waals surface area (Å²) in [5.74, 6) is 0.823. The number of rotatable bonds is 4. The van der Waals surface area contributed by atoms with Crippen LogP contribution in [-0.2, 0) is 16.0 Å². The lowest BCUT2D eigenvalue weighted by atomic mass is 9.85. The van der Waals surface area contributed by atoms with Crippen LogP contribution in [0.5, 0.6) is 11.5 Å². The molecule has 0 bridgehead atoms. The van der Waals surface area contributed by atoms with E-state index in [0.29, 0.717) is 35.7 Å². The highest BCUT2D eigenvalue weighted by Crippen LogP contribution is 2.48. The first kappa shape index (κ1) is 24.9. The van der Waals surface area contributed by atoms with E-state index in [1.165, 1.54) is 4.90 Å². The summed E-state index contributed by atoms with van der Waals surface area (Å²) in [4.78, 5) is 28.8. The molecule has 2 amide bonds. The second kappa shape index (κ2) is 9.07. The third-order valence-corrected chi connectivity index (χ3v) is 6.33. The number of aliphatic hydroxyl groups is 1. The normalized spacial score (nSPS) is 20.8. The maximum absolute atomic E-state index is 13.5. The van der Waals surface area contributed by atoms with E-state index in [4.69, 9.17) is 14.2 Å². The minimum atomic E-state index is -1.04. The molecule has 1 N–H and O–H groups in total. The zero-order valence-electron chi connectivity index (χ0n) is 21.2. The van der Waals surface area contributed by atoms with Gasteiger partial charge in [0.25, 0.3) is 5.91 Å². The highest BCUT2D eigenvalue weighted by atomic mass is 16.6. The van der Waals surface area contributed by atoms with Gasteiger partial charge in [-0.05, 0) is 52.7 Å². The Kier molecular flexibility index (Phi) is 6.44. The fourth-order valence-corrected chi connectivity index (χ4v) is 4.42.